The summed E-state index contributed by atoms with van der Waals surface area (Å²) in [4.78, 5) is 14.5. The average Bonchev–Trinajstić information content (AvgIpc) is 2.52. The van der Waals surface area contributed by atoms with Crippen molar-refractivity contribution in [2.45, 2.75) is 13.0 Å². The van der Waals surface area contributed by atoms with Crippen molar-refractivity contribution in [3.63, 3.8) is 0 Å². The van der Waals surface area contributed by atoms with Gasteiger partial charge in [0.1, 0.15) is 0 Å². The van der Waals surface area contributed by atoms with Gasteiger partial charge < -0.3 is 0 Å². The number of Topliss-reactive ketones (excluding diaryl/α,β-unsaturated/α-hetero) is 1. The molecule has 0 amide bonds. The van der Waals surface area contributed by atoms with Gasteiger partial charge in [0.15, 0.2) is 5.78 Å². The highest BCUT2D eigenvalue weighted by Crippen LogP contribution is 2.26. The van der Waals surface area contributed by atoms with Crippen LogP contribution >= 0.6 is 12.4 Å². The number of carbonyl (C=O) groups is 1. The number of hydrogen-bond acceptors (Lipinski definition) is 2. The van der Waals surface area contributed by atoms with Crippen LogP contribution in [0.25, 0.3) is 21.5 Å². The second-order valence-corrected chi connectivity index (χ2v) is 5.73. The number of rotatable bonds is 3. The first-order chi connectivity index (χ1) is 10.1. The first-order valence-electron chi connectivity index (χ1n) is 7.20. The van der Waals surface area contributed by atoms with Crippen molar-refractivity contribution in [1.82, 2.24) is 4.90 Å². The van der Waals surface area contributed by atoms with E-state index in [0.29, 0.717) is 0 Å². The molecule has 3 rings (SSSR count). The molecule has 0 heterocycles. The van der Waals surface area contributed by atoms with E-state index >= 15 is 0 Å². The van der Waals surface area contributed by atoms with E-state index in [-0.39, 0.29) is 24.2 Å². The van der Waals surface area contributed by atoms with Crippen LogP contribution in [0.4, 0.5) is 0 Å². The van der Waals surface area contributed by atoms with Crippen molar-refractivity contribution >= 4 is 39.7 Å². The van der Waals surface area contributed by atoms with Gasteiger partial charge in [-0.2, -0.15) is 0 Å². The highest BCUT2D eigenvalue weighted by atomic mass is 35.5. The normalized spacial score (nSPS) is 12.4. The van der Waals surface area contributed by atoms with Gasteiger partial charge in [-0.15, -0.1) is 12.4 Å². The van der Waals surface area contributed by atoms with E-state index in [1.54, 1.807) is 0 Å². The fraction of sp³-hybridized carbons (Fsp3) is 0.211. The first-order valence-corrected chi connectivity index (χ1v) is 7.20. The predicted molar refractivity (Wildman–Crippen MR) is 96.2 cm³/mol. The minimum absolute atomic E-state index is 0. The standard InChI is InChI=1S/C19H19NO.ClH/c1-13(20(2)3)19(21)16-11-10-15-9-8-14-6-4-5-7-17(14)18(15)12-16;/h4-13H,1-3H3;1H. The molecule has 0 aliphatic rings. The fourth-order valence-electron chi connectivity index (χ4n) is 2.63. The maximum absolute atomic E-state index is 12.5. The van der Waals surface area contributed by atoms with E-state index in [1.165, 1.54) is 16.2 Å². The summed E-state index contributed by atoms with van der Waals surface area (Å²) in [6.07, 6.45) is 0. The Hall–Kier alpha value is -1.90. The molecule has 0 radical (unpaired) electrons. The minimum Gasteiger partial charge on any atom is -0.300 e. The number of benzene rings is 3. The Bertz CT molecular complexity index is 826. The third-order valence-corrected chi connectivity index (χ3v) is 4.19. The van der Waals surface area contributed by atoms with Crippen LogP contribution in [0.1, 0.15) is 17.3 Å². The summed E-state index contributed by atoms with van der Waals surface area (Å²) in [6, 6.07) is 18.4. The van der Waals surface area contributed by atoms with E-state index in [9.17, 15) is 4.79 Å². The molecule has 22 heavy (non-hydrogen) atoms. The Balaban J connectivity index is 0.00000176. The Morgan fingerprint density at radius 1 is 0.909 bits per heavy atom. The van der Waals surface area contributed by atoms with Crippen LogP contribution in [0.5, 0.6) is 0 Å². The van der Waals surface area contributed by atoms with Crippen molar-refractivity contribution in [1.29, 1.82) is 0 Å². The van der Waals surface area contributed by atoms with Crippen LogP contribution in [0.2, 0.25) is 0 Å². The van der Waals surface area contributed by atoms with Crippen LogP contribution in [0.3, 0.4) is 0 Å². The summed E-state index contributed by atoms with van der Waals surface area (Å²) in [5, 5.41) is 4.71. The van der Waals surface area contributed by atoms with Gasteiger partial charge in [0.2, 0.25) is 0 Å². The third-order valence-electron chi connectivity index (χ3n) is 4.19. The van der Waals surface area contributed by atoms with Crippen LogP contribution in [0, 0.1) is 0 Å². The quantitative estimate of drug-likeness (QED) is 0.522. The lowest BCUT2D eigenvalue weighted by Crippen LogP contribution is -2.32. The molecule has 0 N–H and O–H groups in total. The second kappa shape index (κ2) is 6.47. The smallest absolute Gasteiger partial charge is 0.179 e. The lowest BCUT2D eigenvalue weighted by atomic mass is 9.97. The minimum atomic E-state index is -0.113. The molecule has 0 saturated carbocycles. The first kappa shape index (κ1) is 16.5. The molecular formula is C19H20ClNO. The number of fused-ring (bicyclic) bond motifs is 3. The number of likely N-dealkylation sites (N-methyl/N-ethyl adjacent to an activating group) is 1. The van der Waals surface area contributed by atoms with Gasteiger partial charge >= 0.3 is 0 Å². The summed E-state index contributed by atoms with van der Waals surface area (Å²) in [6.45, 7) is 1.94. The van der Waals surface area contributed by atoms with Gasteiger partial charge in [0.25, 0.3) is 0 Å². The van der Waals surface area contributed by atoms with Gasteiger partial charge in [0, 0.05) is 5.56 Å². The van der Waals surface area contributed by atoms with Crippen molar-refractivity contribution in [2.75, 3.05) is 14.1 Å². The maximum Gasteiger partial charge on any atom is 0.179 e. The molecule has 0 spiro atoms. The maximum atomic E-state index is 12.5. The number of ketones is 1. The number of nitrogens with zero attached hydrogens (tertiary/aromatic N) is 1. The summed E-state index contributed by atoms with van der Waals surface area (Å²) >= 11 is 0. The molecular weight excluding hydrogens is 294 g/mol. The van der Waals surface area contributed by atoms with Crippen LogP contribution in [-0.2, 0) is 0 Å². The lowest BCUT2D eigenvalue weighted by molar-refractivity contribution is 0.0891. The Morgan fingerprint density at radius 3 is 2.18 bits per heavy atom. The van der Waals surface area contributed by atoms with E-state index in [1.807, 2.05) is 56.3 Å². The number of hydrogen-bond donors (Lipinski definition) is 0. The van der Waals surface area contributed by atoms with E-state index < -0.39 is 0 Å². The average molecular weight is 314 g/mol. The van der Waals surface area contributed by atoms with Gasteiger partial charge in [-0.25, -0.2) is 0 Å². The van der Waals surface area contributed by atoms with Crippen molar-refractivity contribution < 1.29 is 4.79 Å². The Kier molecular flexibility index (Phi) is 4.84. The number of carbonyl (C=O) groups excluding carboxylic acids is 1. The van der Waals surface area contributed by atoms with Crippen molar-refractivity contribution in [3.05, 3.63) is 60.2 Å². The molecule has 0 fully saturated rings. The molecule has 3 aromatic carbocycles. The predicted octanol–water partition coefficient (Wildman–Crippen LogP) is 4.55. The molecule has 114 valence electrons. The van der Waals surface area contributed by atoms with Gasteiger partial charge in [-0.1, -0.05) is 48.5 Å². The molecule has 3 aromatic rings. The molecule has 0 aromatic heterocycles. The van der Waals surface area contributed by atoms with E-state index in [0.717, 1.165) is 10.9 Å². The monoisotopic (exact) mass is 313 g/mol. The fourth-order valence-corrected chi connectivity index (χ4v) is 2.63. The summed E-state index contributed by atoms with van der Waals surface area (Å²) in [7, 11) is 3.86. The molecule has 1 unspecified atom stereocenters. The van der Waals surface area contributed by atoms with E-state index in [4.69, 9.17) is 0 Å². The van der Waals surface area contributed by atoms with Gasteiger partial charge in [0.05, 0.1) is 6.04 Å². The highest BCUT2D eigenvalue weighted by molar-refractivity contribution is 6.11. The lowest BCUT2D eigenvalue weighted by Gasteiger charge is -2.18. The topological polar surface area (TPSA) is 20.3 Å². The molecule has 3 heteroatoms. The second-order valence-electron chi connectivity index (χ2n) is 5.73. The van der Waals surface area contributed by atoms with Crippen molar-refractivity contribution in [2.24, 2.45) is 0 Å². The third kappa shape index (κ3) is 2.85. The van der Waals surface area contributed by atoms with Crippen LogP contribution < -0.4 is 0 Å². The molecule has 0 bridgehead atoms. The summed E-state index contributed by atoms with van der Waals surface area (Å²) in [5.41, 5.74) is 0.778. The molecule has 1 atom stereocenters. The highest BCUT2D eigenvalue weighted by Gasteiger charge is 2.17. The molecule has 0 aliphatic heterocycles. The van der Waals surface area contributed by atoms with Crippen LogP contribution in [0.15, 0.2) is 54.6 Å². The molecule has 0 saturated heterocycles. The molecule has 0 aliphatic carbocycles. The van der Waals surface area contributed by atoms with E-state index in [2.05, 4.69) is 24.3 Å². The Labute approximate surface area is 137 Å². The van der Waals surface area contributed by atoms with Crippen LogP contribution in [-0.4, -0.2) is 30.8 Å². The molecule has 2 nitrogen and oxygen atoms in total. The largest absolute Gasteiger partial charge is 0.300 e. The van der Waals surface area contributed by atoms with Gasteiger partial charge in [-0.3, -0.25) is 9.69 Å². The SMILES string of the molecule is CC(C(=O)c1ccc2ccc3ccccc3c2c1)N(C)C.Cl. The zero-order valence-electron chi connectivity index (χ0n) is 13.0. The summed E-state index contributed by atoms with van der Waals surface area (Å²) < 4.78 is 0. The zero-order chi connectivity index (χ0) is 15.0. The van der Waals surface area contributed by atoms with Crippen molar-refractivity contribution in [3.8, 4) is 0 Å². The van der Waals surface area contributed by atoms with Gasteiger partial charge in [-0.05, 0) is 48.6 Å². The summed E-state index contributed by atoms with van der Waals surface area (Å²) in [5.74, 6) is 0.162. The Morgan fingerprint density at radius 2 is 1.50 bits per heavy atom. The number of halogens is 1. The zero-order valence-corrected chi connectivity index (χ0v) is 13.9.